The Labute approximate surface area is 125 Å². The highest BCUT2D eigenvalue weighted by Crippen LogP contribution is 2.45. The number of benzene rings is 1. The molecule has 1 aliphatic rings. The highest BCUT2D eigenvalue weighted by Gasteiger charge is 2.50. The topological polar surface area (TPSA) is 84.9 Å². The maximum absolute atomic E-state index is 12.5. The second kappa shape index (κ2) is 6.17. The maximum atomic E-state index is 12.5. The van der Waals surface area contributed by atoms with Gasteiger partial charge in [-0.15, -0.1) is 0 Å². The van der Waals surface area contributed by atoms with Crippen molar-refractivity contribution in [2.45, 2.75) is 19.5 Å². The summed E-state index contributed by atoms with van der Waals surface area (Å²) in [4.78, 5) is 23.2. The largest absolute Gasteiger partial charge is 0.493 e. The number of nitrogens with one attached hydrogen (secondary N) is 1. The molecule has 2 N–H and O–H groups in total. The van der Waals surface area contributed by atoms with E-state index in [4.69, 9.17) is 9.84 Å². The van der Waals surface area contributed by atoms with Gasteiger partial charge < -0.3 is 19.9 Å². The molecule has 1 saturated carbocycles. The summed E-state index contributed by atoms with van der Waals surface area (Å²) in [5.74, 6) is -2.06. The van der Waals surface area contributed by atoms with Crippen LogP contribution in [0.1, 0.15) is 23.2 Å². The minimum absolute atomic E-state index is 0.00711. The van der Waals surface area contributed by atoms with E-state index in [0.717, 1.165) is 0 Å². The zero-order chi connectivity index (χ0) is 16.3. The lowest BCUT2D eigenvalue weighted by Crippen LogP contribution is -2.34. The number of carboxylic acids is 1. The summed E-state index contributed by atoms with van der Waals surface area (Å²) in [7, 11) is 1.26. The SMILES string of the molecule is COc1cccc(C(=O)NCC2(C(=O)O)CC2)c1OC(F)F. The summed E-state index contributed by atoms with van der Waals surface area (Å²) >= 11 is 0. The van der Waals surface area contributed by atoms with Crippen molar-refractivity contribution in [1.29, 1.82) is 0 Å². The predicted octanol–water partition coefficient (Wildman–Crippen LogP) is 1.89. The molecule has 1 amide bonds. The van der Waals surface area contributed by atoms with Crippen molar-refractivity contribution in [2.24, 2.45) is 5.41 Å². The summed E-state index contributed by atoms with van der Waals surface area (Å²) in [5, 5.41) is 11.5. The first-order valence-electron chi connectivity index (χ1n) is 6.53. The summed E-state index contributed by atoms with van der Waals surface area (Å²) in [6.45, 7) is -3.18. The Morgan fingerprint density at radius 2 is 2.09 bits per heavy atom. The Kier molecular flexibility index (Phi) is 4.48. The highest BCUT2D eigenvalue weighted by molar-refractivity contribution is 5.98. The Bertz CT molecular complexity index is 587. The highest BCUT2D eigenvalue weighted by atomic mass is 19.3. The minimum Gasteiger partial charge on any atom is -0.493 e. The molecule has 6 nitrogen and oxygen atoms in total. The van der Waals surface area contributed by atoms with Gasteiger partial charge in [-0.05, 0) is 25.0 Å². The predicted molar refractivity (Wildman–Crippen MR) is 71.3 cm³/mol. The molecule has 0 bridgehead atoms. The third-order valence-corrected chi connectivity index (χ3v) is 3.54. The number of halogens is 2. The molecule has 0 radical (unpaired) electrons. The van der Waals surface area contributed by atoms with Gasteiger partial charge in [0.15, 0.2) is 11.5 Å². The molecule has 120 valence electrons. The summed E-state index contributed by atoms with van der Waals surface area (Å²) in [6, 6.07) is 4.14. The fraction of sp³-hybridized carbons (Fsp3) is 0.429. The van der Waals surface area contributed by atoms with Gasteiger partial charge >= 0.3 is 12.6 Å². The van der Waals surface area contributed by atoms with Crippen molar-refractivity contribution in [3.63, 3.8) is 0 Å². The Hall–Kier alpha value is -2.38. The van der Waals surface area contributed by atoms with Gasteiger partial charge in [0.25, 0.3) is 5.91 Å². The molecule has 1 fully saturated rings. The normalized spacial score (nSPS) is 15.3. The van der Waals surface area contributed by atoms with E-state index < -0.39 is 23.9 Å². The van der Waals surface area contributed by atoms with Gasteiger partial charge in [-0.25, -0.2) is 0 Å². The monoisotopic (exact) mass is 315 g/mol. The molecule has 0 unspecified atom stereocenters. The van der Waals surface area contributed by atoms with Crippen molar-refractivity contribution >= 4 is 11.9 Å². The molecule has 0 spiro atoms. The molecule has 2 rings (SSSR count). The smallest absolute Gasteiger partial charge is 0.387 e. The third-order valence-electron chi connectivity index (χ3n) is 3.54. The van der Waals surface area contributed by atoms with Crippen LogP contribution in [0.2, 0.25) is 0 Å². The third kappa shape index (κ3) is 3.26. The number of ether oxygens (including phenoxy) is 2. The van der Waals surface area contributed by atoms with E-state index in [1.54, 1.807) is 0 Å². The number of aliphatic carboxylic acids is 1. The fourth-order valence-corrected chi connectivity index (χ4v) is 2.03. The van der Waals surface area contributed by atoms with E-state index in [0.29, 0.717) is 12.8 Å². The maximum Gasteiger partial charge on any atom is 0.387 e. The molecule has 1 aromatic rings. The number of para-hydroxylation sites is 1. The molecule has 1 aromatic carbocycles. The Morgan fingerprint density at radius 3 is 2.59 bits per heavy atom. The molecule has 0 atom stereocenters. The van der Waals surface area contributed by atoms with Crippen molar-refractivity contribution in [3.8, 4) is 11.5 Å². The van der Waals surface area contributed by atoms with Crippen LogP contribution in [0, 0.1) is 5.41 Å². The van der Waals surface area contributed by atoms with Crippen LogP contribution in [0.4, 0.5) is 8.78 Å². The minimum atomic E-state index is -3.11. The van der Waals surface area contributed by atoms with E-state index in [1.165, 1.54) is 25.3 Å². The van der Waals surface area contributed by atoms with E-state index in [9.17, 15) is 18.4 Å². The van der Waals surface area contributed by atoms with Gasteiger partial charge in [0.05, 0.1) is 18.1 Å². The summed E-state index contributed by atoms with van der Waals surface area (Å²) in [5.41, 5.74) is -1.08. The number of alkyl halides is 2. The van der Waals surface area contributed by atoms with Crippen molar-refractivity contribution in [3.05, 3.63) is 23.8 Å². The molecule has 0 saturated heterocycles. The molecule has 8 heteroatoms. The second-order valence-corrected chi connectivity index (χ2v) is 4.98. The average Bonchev–Trinajstić information content (AvgIpc) is 3.25. The molecular formula is C14H15F2NO5. The second-order valence-electron chi connectivity index (χ2n) is 4.98. The van der Waals surface area contributed by atoms with Crippen LogP contribution < -0.4 is 14.8 Å². The first-order chi connectivity index (χ1) is 10.4. The zero-order valence-corrected chi connectivity index (χ0v) is 11.8. The lowest BCUT2D eigenvalue weighted by atomic mass is 10.1. The lowest BCUT2D eigenvalue weighted by molar-refractivity contribution is -0.143. The van der Waals surface area contributed by atoms with Gasteiger partial charge in [-0.3, -0.25) is 9.59 Å². The van der Waals surface area contributed by atoms with Crippen LogP contribution in [-0.2, 0) is 4.79 Å². The quantitative estimate of drug-likeness (QED) is 0.802. The van der Waals surface area contributed by atoms with Gasteiger partial charge in [-0.2, -0.15) is 8.78 Å². The number of methoxy groups -OCH3 is 1. The van der Waals surface area contributed by atoms with Crippen molar-refractivity contribution < 1.29 is 33.0 Å². The number of hydrogen-bond acceptors (Lipinski definition) is 4. The van der Waals surface area contributed by atoms with Crippen LogP contribution in [0.5, 0.6) is 11.5 Å². The number of carboxylic acid groups (broad SMARTS) is 1. The molecule has 0 aliphatic heterocycles. The first-order valence-corrected chi connectivity index (χ1v) is 6.53. The Morgan fingerprint density at radius 1 is 1.41 bits per heavy atom. The summed E-state index contributed by atoms with van der Waals surface area (Å²) < 4.78 is 34.2. The number of carbonyl (C=O) groups excluding carboxylic acids is 1. The van der Waals surface area contributed by atoms with Gasteiger partial charge in [0.2, 0.25) is 0 Å². The van der Waals surface area contributed by atoms with Crippen LogP contribution in [0.25, 0.3) is 0 Å². The van der Waals surface area contributed by atoms with E-state index in [-0.39, 0.29) is 23.6 Å². The van der Waals surface area contributed by atoms with E-state index in [1.807, 2.05) is 0 Å². The van der Waals surface area contributed by atoms with E-state index >= 15 is 0 Å². The Balaban J connectivity index is 2.16. The van der Waals surface area contributed by atoms with Gasteiger partial charge in [-0.1, -0.05) is 6.07 Å². The fourth-order valence-electron chi connectivity index (χ4n) is 2.03. The van der Waals surface area contributed by atoms with Crippen LogP contribution >= 0.6 is 0 Å². The molecule has 0 aromatic heterocycles. The summed E-state index contributed by atoms with van der Waals surface area (Å²) in [6.07, 6.45) is 0.947. The zero-order valence-electron chi connectivity index (χ0n) is 11.8. The van der Waals surface area contributed by atoms with Crippen molar-refractivity contribution in [2.75, 3.05) is 13.7 Å². The lowest BCUT2D eigenvalue weighted by Gasteiger charge is -2.15. The van der Waals surface area contributed by atoms with Crippen molar-refractivity contribution in [1.82, 2.24) is 5.32 Å². The molecule has 1 aliphatic carbocycles. The number of hydrogen-bond donors (Lipinski definition) is 2. The number of rotatable bonds is 7. The molecule has 0 heterocycles. The molecular weight excluding hydrogens is 300 g/mol. The average molecular weight is 315 g/mol. The number of amides is 1. The van der Waals surface area contributed by atoms with Gasteiger partial charge in [0.1, 0.15) is 0 Å². The molecule has 22 heavy (non-hydrogen) atoms. The standard InChI is InChI=1S/C14H15F2NO5/c1-21-9-4-2-3-8(10(9)22-13(15)16)11(18)17-7-14(5-6-14)12(19)20/h2-4,13H,5-7H2,1H3,(H,17,18)(H,19,20). The van der Waals surface area contributed by atoms with E-state index in [2.05, 4.69) is 10.1 Å². The van der Waals surface area contributed by atoms with Crippen LogP contribution in [0.3, 0.4) is 0 Å². The first kappa shape index (κ1) is 16.0. The number of carbonyl (C=O) groups is 2. The van der Waals surface area contributed by atoms with Crippen LogP contribution in [-0.4, -0.2) is 37.2 Å². The van der Waals surface area contributed by atoms with Crippen LogP contribution in [0.15, 0.2) is 18.2 Å². The van der Waals surface area contributed by atoms with Gasteiger partial charge in [0, 0.05) is 6.54 Å².